The topological polar surface area (TPSA) is 90.2 Å². The molecule has 8 heteroatoms. The lowest BCUT2D eigenvalue weighted by Gasteiger charge is -2.28. The third kappa shape index (κ3) is 3.79. The quantitative estimate of drug-likeness (QED) is 0.697. The predicted octanol–water partition coefficient (Wildman–Crippen LogP) is 3.15. The van der Waals surface area contributed by atoms with E-state index in [0.29, 0.717) is 47.5 Å². The molecule has 3 aromatic rings. The van der Waals surface area contributed by atoms with E-state index in [1.165, 1.54) is 11.2 Å². The molecular weight excluding hydrogens is 400 g/mol. The van der Waals surface area contributed by atoms with E-state index in [1.807, 2.05) is 6.07 Å². The highest BCUT2D eigenvalue weighted by Gasteiger charge is 2.36. The third-order valence-corrected chi connectivity index (χ3v) is 5.16. The van der Waals surface area contributed by atoms with Crippen LogP contribution in [0.1, 0.15) is 17.4 Å². The fourth-order valence-electron chi connectivity index (χ4n) is 3.74. The molecule has 0 aliphatic carbocycles. The van der Waals surface area contributed by atoms with Crippen molar-refractivity contribution in [2.24, 2.45) is 0 Å². The van der Waals surface area contributed by atoms with Gasteiger partial charge >= 0.3 is 0 Å². The normalized spacial score (nSPS) is 17.4. The summed E-state index contributed by atoms with van der Waals surface area (Å²) in [6.45, 7) is 0.916. The van der Waals surface area contributed by atoms with Crippen LogP contribution in [0, 0.1) is 0 Å². The van der Waals surface area contributed by atoms with Gasteiger partial charge in [-0.15, -0.1) is 0 Å². The molecule has 1 atom stereocenters. The number of anilines is 1. The van der Waals surface area contributed by atoms with Gasteiger partial charge in [0.1, 0.15) is 30.8 Å². The molecule has 2 aliphatic rings. The summed E-state index contributed by atoms with van der Waals surface area (Å²) >= 11 is 0. The Morgan fingerprint density at radius 2 is 1.81 bits per heavy atom. The van der Waals surface area contributed by atoms with Gasteiger partial charge in [-0.25, -0.2) is 0 Å². The van der Waals surface area contributed by atoms with E-state index in [0.717, 1.165) is 0 Å². The van der Waals surface area contributed by atoms with Crippen LogP contribution in [0.3, 0.4) is 0 Å². The number of ether oxygens (including phenoxy) is 3. The second-order valence-electron chi connectivity index (χ2n) is 7.18. The predicted molar refractivity (Wildman–Crippen MR) is 110 cm³/mol. The van der Waals surface area contributed by atoms with Gasteiger partial charge in [0.15, 0.2) is 18.1 Å². The van der Waals surface area contributed by atoms with Crippen LogP contribution in [0.15, 0.2) is 65.3 Å². The molecule has 1 N–H and O–H groups in total. The Morgan fingerprint density at radius 3 is 2.65 bits per heavy atom. The van der Waals surface area contributed by atoms with Crippen molar-refractivity contribution in [2.75, 3.05) is 25.1 Å². The lowest BCUT2D eigenvalue weighted by atomic mass is 10.0. The van der Waals surface area contributed by atoms with Crippen molar-refractivity contribution in [3.05, 3.63) is 72.2 Å². The SMILES string of the molecule is O=C(Nc1ccc2c(c1)OCCO2)C1c2ccccc2OCC(=O)N1Cc1ccco1. The zero-order valence-electron chi connectivity index (χ0n) is 16.6. The van der Waals surface area contributed by atoms with Crippen LogP contribution in [-0.2, 0) is 16.1 Å². The number of hydrogen-bond donors (Lipinski definition) is 1. The van der Waals surface area contributed by atoms with Gasteiger partial charge in [0.2, 0.25) is 0 Å². The van der Waals surface area contributed by atoms with E-state index in [-0.39, 0.29) is 25.0 Å². The summed E-state index contributed by atoms with van der Waals surface area (Å²) in [5, 5.41) is 2.91. The average Bonchev–Trinajstić information content (AvgIpc) is 3.26. The highest BCUT2D eigenvalue weighted by atomic mass is 16.6. The number of amides is 2. The molecule has 2 amide bonds. The van der Waals surface area contributed by atoms with Gasteiger partial charge in [-0.1, -0.05) is 18.2 Å². The monoisotopic (exact) mass is 420 g/mol. The van der Waals surface area contributed by atoms with Gasteiger partial charge in [-0.2, -0.15) is 0 Å². The fraction of sp³-hybridized carbons (Fsp3) is 0.217. The van der Waals surface area contributed by atoms with Gasteiger partial charge in [0.25, 0.3) is 11.8 Å². The minimum absolute atomic E-state index is 0.142. The molecule has 158 valence electrons. The molecule has 0 bridgehead atoms. The zero-order chi connectivity index (χ0) is 21.2. The number of furan rings is 1. The fourth-order valence-corrected chi connectivity index (χ4v) is 3.74. The van der Waals surface area contributed by atoms with Gasteiger partial charge in [-0.05, 0) is 30.3 Å². The standard InChI is InChI=1S/C23H20N2O6/c26-21-14-31-18-6-2-1-5-17(18)22(25(21)13-16-4-3-9-28-16)23(27)24-15-7-8-19-20(12-15)30-11-10-29-19/h1-9,12,22H,10-11,13-14H2,(H,24,27). The first kappa shape index (κ1) is 19.0. The number of rotatable bonds is 4. The number of benzene rings is 2. The Balaban J connectivity index is 1.49. The summed E-state index contributed by atoms with van der Waals surface area (Å²) in [6, 6.07) is 15.0. The van der Waals surface area contributed by atoms with Gasteiger partial charge < -0.3 is 28.8 Å². The molecule has 0 saturated heterocycles. The highest BCUT2D eigenvalue weighted by Crippen LogP contribution is 2.36. The Kier molecular flexibility index (Phi) is 4.95. The molecule has 0 fully saturated rings. The second kappa shape index (κ2) is 8.06. The first-order valence-electron chi connectivity index (χ1n) is 9.93. The summed E-state index contributed by atoms with van der Waals surface area (Å²) in [7, 11) is 0. The molecule has 5 rings (SSSR count). The maximum absolute atomic E-state index is 13.5. The number of nitrogens with zero attached hydrogens (tertiary/aromatic N) is 1. The van der Waals surface area contributed by atoms with Crippen molar-refractivity contribution >= 4 is 17.5 Å². The largest absolute Gasteiger partial charge is 0.486 e. The van der Waals surface area contributed by atoms with Crippen molar-refractivity contribution < 1.29 is 28.2 Å². The zero-order valence-corrected chi connectivity index (χ0v) is 16.6. The summed E-state index contributed by atoms with van der Waals surface area (Å²) < 4.78 is 22.2. The van der Waals surface area contributed by atoms with Crippen LogP contribution in [-0.4, -0.2) is 36.5 Å². The van der Waals surface area contributed by atoms with Crippen molar-refractivity contribution in [1.29, 1.82) is 0 Å². The Hall–Kier alpha value is -3.94. The van der Waals surface area contributed by atoms with E-state index in [1.54, 1.807) is 48.5 Å². The van der Waals surface area contributed by atoms with Crippen molar-refractivity contribution in [1.82, 2.24) is 4.90 Å². The van der Waals surface area contributed by atoms with Gasteiger partial charge in [0, 0.05) is 17.3 Å². The van der Waals surface area contributed by atoms with Crippen LogP contribution in [0.5, 0.6) is 17.2 Å². The van der Waals surface area contributed by atoms with Crippen LogP contribution < -0.4 is 19.5 Å². The second-order valence-corrected chi connectivity index (χ2v) is 7.18. The minimum Gasteiger partial charge on any atom is -0.486 e. The maximum atomic E-state index is 13.5. The Morgan fingerprint density at radius 1 is 0.968 bits per heavy atom. The van der Waals surface area contributed by atoms with Crippen molar-refractivity contribution in [2.45, 2.75) is 12.6 Å². The number of para-hydroxylation sites is 1. The first-order valence-corrected chi connectivity index (χ1v) is 9.93. The molecule has 31 heavy (non-hydrogen) atoms. The molecule has 1 unspecified atom stereocenters. The molecule has 2 aromatic carbocycles. The van der Waals surface area contributed by atoms with Gasteiger partial charge in [0.05, 0.1) is 12.8 Å². The van der Waals surface area contributed by atoms with E-state index >= 15 is 0 Å². The summed E-state index contributed by atoms with van der Waals surface area (Å²) in [5.74, 6) is 1.60. The van der Waals surface area contributed by atoms with Crippen LogP contribution in [0.25, 0.3) is 0 Å². The van der Waals surface area contributed by atoms with Crippen molar-refractivity contribution in [3.63, 3.8) is 0 Å². The maximum Gasteiger partial charge on any atom is 0.261 e. The smallest absolute Gasteiger partial charge is 0.261 e. The van der Waals surface area contributed by atoms with E-state index in [9.17, 15) is 9.59 Å². The van der Waals surface area contributed by atoms with Crippen LogP contribution in [0.4, 0.5) is 5.69 Å². The Bertz CT molecular complexity index is 1110. The molecule has 3 heterocycles. The summed E-state index contributed by atoms with van der Waals surface area (Å²) in [6.07, 6.45) is 1.53. The molecular formula is C23H20N2O6. The number of nitrogens with one attached hydrogen (secondary N) is 1. The average molecular weight is 420 g/mol. The highest BCUT2D eigenvalue weighted by molar-refractivity contribution is 5.99. The molecule has 8 nitrogen and oxygen atoms in total. The molecule has 1 aromatic heterocycles. The van der Waals surface area contributed by atoms with E-state index in [4.69, 9.17) is 18.6 Å². The number of carbonyl (C=O) groups is 2. The first-order chi connectivity index (χ1) is 15.2. The molecule has 0 radical (unpaired) electrons. The minimum atomic E-state index is -0.899. The van der Waals surface area contributed by atoms with Crippen molar-refractivity contribution in [3.8, 4) is 17.2 Å². The molecule has 0 saturated carbocycles. The van der Waals surface area contributed by atoms with Crippen LogP contribution in [0.2, 0.25) is 0 Å². The van der Waals surface area contributed by atoms with E-state index < -0.39 is 6.04 Å². The number of hydrogen-bond acceptors (Lipinski definition) is 6. The Labute approximate surface area is 178 Å². The molecule has 0 spiro atoms. The summed E-state index contributed by atoms with van der Waals surface area (Å²) in [5.41, 5.74) is 1.15. The lowest BCUT2D eigenvalue weighted by Crippen LogP contribution is -2.41. The summed E-state index contributed by atoms with van der Waals surface area (Å²) in [4.78, 5) is 27.9. The van der Waals surface area contributed by atoms with E-state index in [2.05, 4.69) is 5.32 Å². The third-order valence-electron chi connectivity index (χ3n) is 5.16. The number of fused-ring (bicyclic) bond motifs is 2. The lowest BCUT2D eigenvalue weighted by molar-refractivity contribution is -0.140. The van der Waals surface area contributed by atoms with Gasteiger partial charge in [-0.3, -0.25) is 9.59 Å². The molecule has 2 aliphatic heterocycles. The number of carbonyl (C=O) groups excluding carboxylic acids is 2. The van der Waals surface area contributed by atoms with Crippen LogP contribution >= 0.6 is 0 Å².